The molecule has 0 aliphatic carbocycles. The van der Waals surface area contributed by atoms with Gasteiger partial charge in [0.15, 0.2) is 0 Å². The molecule has 17 heavy (non-hydrogen) atoms. The van der Waals surface area contributed by atoms with Crippen molar-refractivity contribution in [1.82, 2.24) is 4.98 Å². The number of carbonyl (C=O) groups excluding carboxylic acids is 1. The number of alkyl halides is 2. The van der Waals surface area contributed by atoms with Crippen LogP contribution in [0, 0.1) is 0 Å². The van der Waals surface area contributed by atoms with E-state index in [1.54, 1.807) is 6.92 Å². The van der Waals surface area contributed by atoms with Crippen molar-refractivity contribution in [3.8, 4) is 0 Å². The van der Waals surface area contributed by atoms with Crippen LogP contribution in [0.3, 0.4) is 0 Å². The summed E-state index contributed by atoms with van der Waals surface area (Å²) in [6.07, 6.45) is -3.28. The highest BCUT2D eigenvalue weighted by Gasteiger charge is 2.19. The summed E-state index contributed by atoms with van der Waals surface area (Å²) >= 11 is 2.91. The van der Waals surface area contributed by atoms with Gasteiger partial charge < -0.3 is 9.72 Å². The van der Waals surface area contributed by atoms with E-state index in [1.807, 2.05) is 0 Å². The van der Waals surface area contributed by atoms with Crippen LogP contribution in [0.1, 0.15) is 24.5 Å². The van der Waals surface area contributed by atoms with Gasteiger partial charge in [-0.25, -0.2) is 8.78 Å². The summed E-state index contributed by atoms with van der Waals surface area (Å²) in [5, 5.41) is 0. The number of carbonyl (C=O) groups is 1. The normalized spacial score (nSPS) is 10.6. The second-order valence-corrected chi connectivity index (χ2v) is 4.02. The molecule has 4 nitrogen and oxygen atoms in total. The smallest absolute Gasteiger partial charge is 0.310 e. The summed E-state index contributed by atoms with van der Waals surface area (Å²) < 4.78 is 30.2. The Morgan fingerprint density at radius 2 is 2.24 bits per heavy atom. The van der Waals surface area contributed by atoms with Gasteiger partial charge in [-0.05, 0) is 28.9 Å². The highest BCUT2D eigenvalue weighted by molar-refractivity contribution is 9.10. The van der Waals surface area contributed by atoms with Crippen molar-refractivity contribution < 1.29 is 18.3 Å². The standard InChI is InChI=1S/C10H10BrF2NO3/c1-2-17-8(15)4-6-5(9(12)13)3-7(11)14-10(6)16/h3,9H,2,4H2,1H3,(H,14,16). The van der Waals surface area contributed by atoms with Crippen molar-refractivity contribution in [3.05, 3.63) is 32.2 Å². The zero-order valence-electron chi connectivity index (χ0n) is 8.93. The molecule has 1 rings (SSSR count). The monoisotopic (exact) mass is 309 g/mol. The summed E-state index contributed by atoms with van der Waals surface area (Å²) in [6.45, 7) is 1.73. The lowest BCUT2D eigenvalue weighted by atomic mass is 10.1. The van der Waals surface area contributed by atoms with E-state index in [9.17, 15) is 18.4 Å². The van der Waals surface area contributed by atoms with Crippen LogP contribution in [-0.4, -0.2) is 17.6 Å². The molecule has 0 bridgehead atoms. The largest absolute Gasteiger partial charge is 0.466 e. The molecule has 0 amide bonds. The molecule has 0 aliphatic heterocycles. The van der Waals surface area contributed by atoms with E-state index in [0.717, 1.165) is 6.07 Å². The average Bonchev–Trinajstić information content (AvgIpc) is 2.21. The molecule has 1 N–H and O–H groups in total. The number of rotatable bonds is 4. The van der Waals surface area contributed by atoms with Crippen LogP contribution in [0.15, 0.2) is 15.5 Å². The number of esters is 1. The Morgan fingerprint density at radius 1 is 1.59 bits per heavy atom. The van der Waals surface area contributed by atoms with Gasteiger partial charge in [-0.2, -0.15) is 0 Å². The summed E-state index contributed by atoms with van der Waals surface area (Å²) in [4.78, 5) is 25.0. The van der Waals surface area contributed by atoms with Gasteiger partial charge in [-0.3, -0.25) is 9.59 Å². The predicted octanol–water partition coefficient (Wildman–Crippen LogP) is 2.18. The topological polar surface area (TPSA) is 59.2 Å². The summed E-state index contributed by atoms with van der Waals surface area (Å²) in [6, 6.07) is 1.08. The lowest BCUT2D eigenvalue weighted by Gasteiger charge is -2.08. The Bertz CT molecular complexity index is 473. The second-order valence-electron chi connectivity index (χ2n) is 3.16. The summed E-state index contributed by atoms with van der Waals surface area (Å²) in [5.41, 5.74) is -1.45. The third-order valence-corrected chi connectivity index (χ3v) is 2.43. The van der Waals surface area contributed by atoms with Gasteiger partial charge in [0, 0.05) is 11.1 Å². The molecular weight excluding hydrogens is 300 g/mol. The fourth-order valence-electron chi connectivity index (χ4n) is 1.31. The van der Waals surface area contributed by atoms with Crippen molar-refractivity contribution >= 4 is 21.9 Å². The van der Waals surface area contributed by atoms with Crippen LogP contribution in [-0.2, 0) is 16.0 Å². The molecule has 1 aromatic rings. The third-order valence-electron chi connectivity index (χ3n) is 2.00. The number of nitrogens with one attached hydrogen (secondary N) is 1. The lowest BCUT2D eigenvalue weighted by Crippen LogP contribution is -2.21. The number of aromatic nitrogens is 1. The molecule has 0 radical (unpaired) electrons. The molecule has 0 spiro atoms. The van der Waals surface area contributed by atoms with Crippen molar-refractivity contribution in [2.45, 2.75) is 19.8 Å². The maximum atomic E-state index is 12.7. The molecule has 0 aliphatic rings. The molecule has 1 heterocycles. The van der Waals surface area contributed by atoms with E-state index in [2.05, 4.69) is 25.7 Å². The Balaban J connectivity index is 3.13. The van der Waals surface area contributed by atoms with Crippen LogP contribution in [0.4, 0.5) is 8.78 Å². The van der Waals surface area contributed by atoms with Gasteiger partial charge in [0.25, 0.3) is 12.0 Å². The summed E-state index contributed by atoms with van der Waals surface area (Å²) in [7, 11) is 0. The Morgan fingerprint density at radius 3 is 2.76 bits per heavy atom. The quantitative estimate of drug-likeness (QED) is 0.685. The van der Waals surface area contributed by atoms with Gasteiger partial charge in [0.2, 0.25) is 0 Å². The first-order valence-corrected chi connectivity index (χ1v) is 5.60. The van der Waals surface area contributed by atoms with Gasteiger partial charge >= 0.3 is 5.97 Å². The van der Waals surface area contributed by atoms with Gasteiger partial charge in [-0.15, -0.1) is 0 Å². The van der Waals surface area contributed by atoms with Gasteiger partial charge in [0.05, 0.1) is 17.6 Å². The van der Waals surface area contributed by atoms with E-state index in [1.165, 1.54) is 0 Å². The lowest BCUT2D eigenvalue weighted by molar-refractivity contribution is -0.142. The van der Waals surface area contributed by atoms with E-state index in [0.29, 0.717) is 0 Å². The zero-order valence-corrected chi connectivity index (χ0v) is 10.5. The number of halogens is 3. The van der Waals surface area contributed by atoms with E-state index < -0.39 is 29.9 Å². The van der Waals surface area contributed by atoms with Crippen LogP contribution >= 0.6 is 15.9 Å². The van der Waals surface area contributed by atoms with Crippen molar-refractivity contribution in [3.63, 3.8) is 0 Å². The number of pyridine rings is 1. The van der Waals surface area contributed by atoms with Crippen molar-refractivity contribution in [1.29, 1.82) is 0 Å². The molecule has 0 aromatic carbocycles. The highest BCUT2D eigenvalue weighted by atomic mass is 79.9. The summed E-state index contributed by atoms with van der Waals surface area (Å²) in [5.74, 6) is -0.706. The second kappa shape index (κ2) is 5.90. The molecule has 1 aromatic heterocycles. The van der Waals surface area contributed by atoms with Crippen LogP contribution in [0.5, 0.6) is 0 Å². The van der Waals surface area contributed by atoms with E-state index in [4.69, 9.17) is 0 Å². The number of H-pyrrole nitrogens is 1. The van der Waals surface area contributed by atoms with Gasteiger partial charge in [0.1, 0.15) is 0 Å². The number of ether oxygens (including phenoxy) is 1. The maximum absolute atomic E-state index is 12.7. The fourth-order valence-corrected chi connectivity index (χ4v) is 1.73. The number of hydrogen-bond acceptors (Lipinski definition) is 3. The first kappa shape index (κ1) is 13.8. The minimum absolute atomic E-state index is 0.136. The van der Waals surface area contributed by atoms with Crippen LogP contribution in [0.25, 0.3) is 0 Å². The molecule has 0 atom stereocenters. The Kier molecular flexibility index (Phi) is 4.80. The average molecular weight is 310 g/mol. The number of aromatic amines is 1. The molecule has 0 unspecified atom stereocenters. The SMILES string of the molecule is CCOC(=O)Cc1c(C(F)F)cc(Br)[nH]c1=O. The van der Waals surface area contributed by atoms with E-state index in [-0.39, 0.29) is 16.8 Å². The Hall–Kier alpha value is -1.24. The number of hydrogen-bond donors (Lipinski definition) is 1. The minimum Gasteiger partial charge on any atom is -0.466 e. The molecular formula is C10H10BrF2NO3. The molecule has 94 valence electrons. The minimum atomic E-state index is -2.82. The first-order chi connectivity index (χ1) is 7.95. The van der Waals surface area contributed by atoms with Crippen LogP contribution < -0.4 is 5.56 Å². The molecule has 0 saturated carbocycles. The molecule has 7 heteroatoms. The van der Waals surface area contributed by atoms with Crippen molar-refractivity contribution in [2.24, 2.45) is 0 Å². The third kappa shape index (κ3) is 3.62. The van der Waals surface area contributed by atoms with Crippen LogP contribution in [0.2, 0.25) is 0 Å². The molecule has 0 fully saturated rings. The van der Waals surface area contributed by atoms with Gasteiger partial charge in [-0.1, -0.05) is 0 Å². The molecule has 0 saturated heterocycles. The zero-order chi connectivity index (χ0) is 13.0. The first-order valence-electron chi connectivity index (χ1n) is 4.81. The maximum Gasteiger partial charge on any atom is 0.310 e. The van der Waals surface area contributed by atoms with E-state index >= 15 is 0 Å². The fraction of sp³-hybridized carbons (Fsp3) is 0.400. The predicted molar refractivity (Wildman–Crippen MR) is 60.1 cm³/mol. The highest BCUT2D eigenvalue weighted by Crippen LogP contribution is 2.23. The Labute approximate surface area is 104 Å². The van der Waals surface area contributed by atoms with Crippen molar-refractivity contribution in [2.75, 3.05) is 6.61 Å².